The van der Waals surface area contributed by atoms with Crippen LogP contribution in [0.5, 0.6) is 0 Å². The zero-order valence-corrected chi connectivity index (χ0v) is 14.1. The molecular weight excluding hydrogens is 306 g/mol. The van der Waals surface area contributed by atoms with Crippen LogP contribution >= 0.6 is 0 Å². The zero-order valence-electron chi connectivity index (χ0n) is 14.1. The van der Waals surface area contributed by atoms with Crippen molar-refractivity contribution in [1.82, 2.24) is 0 Å². The van der Waals surface area contributed by atoms with Crippen LogP contribution in [0.2, 0.25) is 0 Å². The SMILES string of the molecule is CC(=O)CC(=O)O[C@H]1C[C@@H](C)[N@@+](C(=O)O)(C(=O)OC(C)(C)C)C1. The number of Topliss-reactive ketones (excluding diaryl/α,β-unsaturated/α-hetero) is 1. The van der Waals surface area contributed by atoms with Crippen molar-refractivity contribution in [2.24, 2.45) is 0 Å². The van der Waals surface area contributed by atoms with E-state index in [4.69, 9.17) is 9.47 Å². The molecule has 1 N–H and O–H groups in total. The van der Waals surface area contributed by atoms with Crippen LogP contribution in [0.25, 0.3) is 0 Å². The Balaban J connectivity index is 2.93. The monoisotopic (exact) mass is 330 g/mol. The second kappa shape index (κ2) is 6.66. The molecule has 3 atom stereocenters. The van der Waals surface area contributed by atoms with Gasteiger partial charge < -0.3 is 14.6 Å². The highest BCUT2D eigenvalue weighted by atomic mass is 16.6. The number of amides is 2. The number of hydrogen-bond donors (Lipinski definition) is 1. The summed E-state index contributed by atoms with van der Waals surface area (Å²) in [5.41, 5.74) is -0.832. The molecule has 1 saturated heterocycles. The van der Waals surface area contributed by atoms with Gasteiger partial charge in [0, 0.05) is 6.42 Å². The Kier molecular flexibility index (Phi) is 5.52. The van der Waals surface area contributed by atoms with E-state index in [0.717, 1.165) is 0 Å². The normalized spacial score (nSPS) is 27.3. The Morgan fingerprint density at radius 1 is 1.22 bits per heavy atom. The van der Waals surface area contributed by atoms with Crippen LogP contribution in [-0.4, -0.2) is 57.8 Å². The molecule has 0 bridgehead atoms. The molecule has 0 aromatic carbocycles. The van der Waals surface area contributed by atoms with Crippen molar-refractivity contribution < 1.29 is 38.2 Å². The molecule has 0 radical (unpaired) electrons. The first kappa shape index (κ1) is 19.1. The summed E-state index contributed by atoms with van der Waals surface area (Å²) in [6, 6.07) is -0.613. The maximum absolute atomic E-state index is 12.4. The summed E-state index contributed by atoms with van der Waals surface area (Å²) in [6.45, 7) is 7.58. The van der Waals surface area contributed by atoms with Gasteiger partial charge in [0.1, 0.15) is 30.4 Å². The highest BCUT2D eigenvalue weighted by molar-refractivity contribution is 5.94. The minimum Gasteiger partial charge on any atom is -0.456 e. The van der Waals surface area contributed by atoms with Gasteiger partial charge in [-0.05, 0) is 34.6 Å². The average molecular weight is 330 g/mol. The number of ether oxygens (including phenoxy) is 2. The second-order valence-electron chi connectivity index (χ2n) is 6.89. The van der Waals surface area contributed by atoms with Gasteiger partial charge in [-0.25, -0.2) is 0 Å². The minimum atomic E-state index is -1.35. The van der Waals surface area contributed by atoms with E-state index in [9.17, 15) is 24.3 Å². The van der Waals surface area contributed by atoms with E-state index in [-0.39, 0.29) is 25.2 Å². The van der Waals surface area contributed by atoms with E-state index in [1.807, 2.05) is 0 Å². The first-order chi connectivity index (χ1) is 10.4. The summed E-state index contributed by atoms with van der Waals surface area (Å²) >= 11 is 0. The molecule has 8 heteroatoms. The molecule has 130 valence electrons. The Hall–Kier alpha value is -1.96. The molecule has 2 amide bonds. The number of imide groups is 1. The lowest BCUT2D eigenvalue weighted by Gasteiger charge is -2.31. The highest BCUT2D eigenvalue weighted by Crippen LogP contribution is 2.32. The highest BCUT2D eigenvalue weighted by Gasteiger charge is 2.60. The van der Waals surface area contributed by atoms with Gasteiger partial charge in [-0.1, -0.05) is 0 Å². The summed E-state index contributed by atoms with van der Waals surface area (Å²) in [5.74, 6) is -1.06. The van der Waals surface area contributed by atoms with Crippen molar-refractivity contribution in [3.8, 4) is 0 Å². The molecule has 1 heterocycles. The van der Waals surface area contributed by atoms with E-state index in [2.05, 4.69) is 0 Å². The quantitative estimate of drug-likeness (QED) is 0.479. The van der Waals surface area contributed by atoms with Crippen molar-refractivity contribution in [3.05, 3.63) is 0 Å². The molecular formula is C15H24NO7+. The molecule has 1 aliphatic heterocycles. The summed E-state index contributed by atoms with van der Waals surface area (Å²) < 4.78 is 9.42. The number of carbonyl (C=O) groups is 4. The fourth-order valence-electron chi connectivity index (χ4n) is 2.59. The van der Waals surface area contributed by atoms with Gasteiger partial charge in [0.2, 0.25) is 0 Å². The molecule has 0 saturated carbocycles. The van der Waals surface area contributed by atoms with Gasteiger partial charge in [0.05, 0.1) is 0 Å². The summed E-state index contributed by atoms with van der Waals surface area (Å²) in [6.07, 6.45) is -3.15. The van der Waals surface area contributed by atoms with E-state index in [0.29, 0.717) is 0 Å². The minimum absolute atomic E-state index is 0.204. The summed E-state index contributed by atoms with van der Waals surface area (Å²) in [5, 5.41) is 9.58. The van der Waals surface area contributed by atoms with Gasteiger partial charge in [0.15, 0.2) is 6.10 Å². The zero-order chi connectivity index (χ0) is 18.0. The van der Waals surface area contributed by atoms with Crippen molar-refractivity contribution in [2.75, 3.05) is 6.54 Å². The van der Waals surface area contributed by atoms with Crippen LogP contribution in [0.4, 0.5) is 9.59 Å². The van der Waals surface area contributed by atoms with E-state index in [1.54, 1.807) is 27.7 Å². The lowest BCUT2D eigenvalue weighted by Crippen LogP contribution is -2.60. The first-order valence-electron chi connectivity index (χ1n) is 7.42. The first-order valence-corrected chi connectivity index (χ1v) is 7.42. The van der Waals surface area contributed by atoms with E-state index >= 15 is 0 Å². The Morgan fingerprint density at radius 2 is 1.78 bits per heavy atom. The fraction of sp³-hybridized carbons (Fsp3) is 0.733. The Morgan fingerprint density at radius 3 is 2.22 bits per heavy atom. The standard InChI is InChI=1S/C15H23NO7/c1-9-6-11(22-12(18)7-10(2)17)8-16(9,13(19)20)14(21)23-15(3,4)5/h9,11H,6-8H2,1-5H3/p+1/t9-,11+,16+/m1/s1. The lowest BCUT2D eigenvalue weighted by molar-refractivity contribution is -0.797. The van der Waals surface area contributed by atoms with E-state index in [1.165, 1.54) is 6.92 Å². The van der Waals surface area contributed by atoms with Crippen LogP contribution < -0.4 is 0 Å². The van der Waals surface area contributed by atoms with Gasteiger partial charge in [-0.15, -0.1) is 4.48 Å². The van der Waals surface area contributed by atoms with Gasteiger partial charge in [0.25, 0.3) is 0 Å². The molecule has 1 rings (SSSR count). The van der Waals surface area contributed by atoms with Crippen LogP contribution in [0.1, 0.15) is 47.5 Å². The van der Waals surface area contributed by atoms with Gasteiger partial charge in [-0.2, -0.15) is 9.59 Å². The largest absolute Gasteiger partial charge is 0.527 e. The molecule has 1 aliphatic rings. The maximum atomic E-state index is 12.4. The van der Waals surface area contributed by atoms with Crippen molar-refractivity contribution in [3.63, 3.8) is 0 Å². The Labute approximate surface area is 134 Å². The molecule has 0 spiro atoms. The number of carbonyl (C=O) groups excluding carboxylic acids is 3. The predicted molar refractivity (Wildman–Crippen MR) is 78.6 cm³/mol. The molecule has 0 aliphatic carbocycles. The molecule has 0 unspecified atom stereocenters. The van der Waals surface area contributed by atoms with Gasteiger partial charge in [-0.3, -0.25) is 9.59 Å². The van der Waals surface area contributed by atoms with Crippen molar-refractivity contribution in [1.29, 1.82) is 0 Å². The van der Waals surface area contributed by atoms with Crippen molar-refractivity contribution >= 4 is 23.9 Å². The van der Waals surface area contributed by atoms with E-state index < -0.39 is 40.4 Å². The number of carboxylic acid groups (broad SMARTS) is 1. The topological polar surface area (TPSA) is 107 Å². The van der Waals surface area contributed by atoms with Crippen molar-refractivity contribution in [2.45, 2.75) is 65.2 Å². The number of quaternary nitrogens is 1. The second-order valence-corrected chi connectivity index (χ2v) is 6.89. The Bertz CT molecular complexity index is 522. The molecule has 1 fully saturated rings. The third-order valence-electron chi connectivity index (χ3n) is 3.60. The number of ketones is 1. The number of nitrogens with zero attached hydrogens (tertiary/aromatic N) is 1. The fourth-order valence-corrected chi connectivity index (χ4v) is 2.59. The van der Waals surface area contributed by atoms with Gasteiger partial charge >= 0.3 is 18.2 Å². The summed E-state index contributed by atoms with van der Waals surface area (Å²) in [4.78, 5) is 46.7. The third-order valence-corrected chi connectivity index (χ3v) is 3.60. The number of esters is 1. The molecule has 0 aromatic heterocycles. The number of rotatable bonds is 3. The predicted octanol–water partition coefficient (Wildman–Crippen LogP) is 2.10. The summed E-state index contributed by atoms with van der Waals surface area (Å²) in [7, 11) is 0. The van der Waals surface area contributed by atoms with Crippen LogP contribution in [-0.2, 0) is 19.1 Å². The lowest BCUT2D eigenvalue weighted by atomic mass is 10.2. The van der Waals surface area contributed by atoms with Crippen LogP contribution in [0.3, 0.4) is 0 Å². The molecule has 0 aromatic rings. The molecule has 8 nitrogen and oxygen atoms in total. The maximum Gasteiger partial charge on any atom is 0.527 e. The average Bonchev–Trinajstić information content (AvgIpc) is 2.63. The number of hydrogen-bond acceptors (Lipinski definition) is 6. The van der Waals surface area contributed by atoms with Crippen LogP contribution in [0, 0.1) is 0 Å². The van der Waals surface area contributed by atoms with Crippen LogP contribution in [0.15, 0.2) is 0 Å². The smallest absolute Gasteiger partial charge is 0.456 e. The third kappa shape index (κ3) is 4.51. The number of likely N-dealkylation sites (tertiary alicyclic amines) is 1. The molecule has 23 heavy (non-hydrogen) atoms.